The molecule has 9 nitrogen and oxygen atoms in total. The second-order valence-electron chi connectivity index (χ2n) is 6.37. The summed E-state index contributed by atoms with van der Waals surface area (Å²) >= 11 is 0. The summed E-state index contributed by atoms with van der Waals surface area (Å²) in [6, 6.07) is 5.71. The number of carbonyl (C=O) groups is 1. The summed E-state index contributed by atoms with van der Waals surface area (Å²) in [6.07, 6.45) is 1.98. The molecular weight excluding hydrogens is 388 g/mol. The van der Waals surface area contributed by atoms with Gasteiger partial charge < -0.3 is 14.6 Å². The van der Waals surface area contributed by atoms with Crippen molar-refractivity contribution in [3.05, 3.63) is 51.4 Å². The number of anilines is 1. The van der Waals surface area contributed by atoms with Gasteiger partial charge in [-0.25, -0.2) is 9.78 Å². The van der Waals surface area contributed by atoms with Gasteiger partial charge in [0.1, 0.15) is 5.75 Å². The number of nitrogens with one attached hydrogen (secondary N) is 1. The largest absolute Gasteiger partial charge is 0.435 e. The third-order valence-corrected chi connectivity index (χ3v) is 4.36. The number of aromatic nitrogens is 4. The molecule has 0 aliphatic carbocycles. The van der Waals surface area contributed by atoms with Gasteiger partial charge in [0.2, 0.25) is 5.91 Å². The van der Waals surface area contributed by atoms with Gasteiger partial charge in [0.05, 0.1) is 6.33 Å². The van der Waals surface area contributed by atoms with Crippen LogP contribution in [0.5, 0.6) is 5.75 Å². The Kier molecular flexibility index (Phi) is 5.76. The first kappa shape index (κ1) is 20.2. The van der Waals surface area contributed by atoms with Gasteiger partial charge in [-0.2, -0.15) is 8.78 Å². The molecular formula is C18H19F2N5O4. The average molecular weight is 407 g/mol. The van der Waals surface area contributed by atoms with Crippen LogP contribution >= 0.6 is 0 Å². The van der Waals surface area contributed by atoms with Crippen molar-refractivity contribution in [1.82, 2.24) is 18.7 Å². The average Bonchev–Trinajstić information content (AvgIpc) is 3.08. The number of fused-ring (bicyclic) bond motifs is 1. The quantitative estimate of drug-likeness (QED) is 0.639. The zero-order chi connectivity index (χ0) is 21.1. The fourth-order valence-corrected chi connectivity index (χ4v) is 2.95. The van der Waals surface area contributed by atoms with Crippen molar-refractivity contribution in [3.63, 3.8) is 0 Å². The molecule has 2 heterocycles. The Morgan fingerprint density at radius 2 is 2.00 bits per heavy atom. The maximum atomic E-state index is 12.4. The van der Waals surface area contributed by atoms with E-state index in [1.54, 1.807) is 10.6 Å². The third kappa shape index (κ3) is 4.33. The van der Waals surface area contributed by atoms with E-state index in [9.17, 15) is 23.2 Å². The maximum absolute atomic E-state index is 12.4. The van der Waals surface area contributed by atoms with Crippen LogP contribution in [-0.4, -0.2) is 31.2 Å². The highest BCUT2D eigenvalue weighted by Gasteiger charge is 2.14. The number of nitrogens with zero attached hydrogens (tertiary/aromatic N) is 4. The van der Waals surface area contributed by atoms with E-state index in [2.05, 4.69) is 15.0 Å². The Hall–Kier alpha value is -3.50. The Morgan fingerprint density at radius 3 is 2.72 bits per heavy atom. The van der Waals surface area contributed by atoms with Crippen LogP contribution in [0.15, 0.2) is 40.2 Å². The van der Waals surface area contributed by atoms with Gasteiger partial charge in [0.25, 0.3) is 5.56 Å². The van der Waals surface area contributed by atoms with E-state index >= 15 is 0 Å². The molecule has 0 aliphatic rings. The number of benzene rings is 1. The lowest BCUT2D eigenvalue weighted by Crippen LogP contribution is -2.37. The van der Waals surface area contributed by atoms with Gasteiger partial charge in [0, 0.05) is 38.8 Å². The molecule has 3 rings (SSSR count). The van der Waals surface area contributed by atoms with Gasteiger partial charge in [-0.05, 0) is 18.6 Å². The summed E-state index contributed by atoms with van der Waals surface area (Å²) < 4.78 is 32.7. The predicted octanol–water partition coefficient (Wildman–Crippen LogP) is 1.45. The molecule has 0 saturated heterocycles. The molecule has 0 radical (unpaired) electrons. The van der Waals surface area contributed by atoms with E-state index in [0.717, 1.165) is 4.57 Å². The lowest BCUT2D eigenvalue weighted by Gasteiger charge is -2.09. The first-order valence-corrected chi connectivity index (χ1v) is 8.73. The van der Waals surface area contributed by atoms with E-state index < -0.39 is 17.9 Å². The van der Waals surface area contributed by atoms with Crippen LogP contribution in [-0.2, 0) is 25.4 Å². The van der Waals surface area contributed by atoms with E-state index in [4.69, 9.17) is 0 Å². The molecule has 11 heteroatoms. The Morgan fingerprint density at radius 1 is 1.24 bits per heavy atom. The highest BCUT2D eigenvalue weighted by Crippen LogP contribution is 2.19. The Labute approximate surface area is 163 Å². The summed E-state index contributed by atoms with van der Waals surface area (Å²) in [4.78, 5) is 40.6. The van der Waals surface area contributed by atoms with Crippen LogP contribution in [0.2, 0.25) is 0 Å². The maximum Gasteiger partial charge on any atom is 0.387 e. The van der Waals surface area contributed by atoms with Gasteiger partial charge in [-0.1, -0.05) is 6.07 Å². The number of carbonyl (C=O) groups excluding carboxylic acids is 1. The second kappa shape index (κ2) is 8.25. The smallest absolute Gasteiger partial charge is 0.387 e. The fourth-order valence-electron chi connectivity index (χ4n) is 2.95. The number of imidazole rings is 1. The highest BCUT2D eigenvalue weighted by atomic mass is 19.3. The fraction of sp³-hybridized carbons (Fsp3) is 0.333. The summed E-state index contributed by atoms with van der Waals surface area (Å²) in [6.45, 7) is -2.61. The summed E-state index contributed by atoms with van der Waals surface area (Å²) in [5.41, 5.74) is -0.0265. The monoisotopic (exact) mass is 407 g/mol. The van der Waals surface area contributed by atoms with Crippen LogP contribution < -0.4 is 21.3 Å². The molecule has 1 aromatic carbocycles. The molecule has 1 N–H and O–H groups in total. The minimum Gasteiger partial charge on any atom is -0.435 e. The van der Waals surface area contributed by atoms with Crippen molar-refractivity contribution < 1.29 is 18.3 Å². The number of hydrogen-bond donors (Lipinski definition) is 1. The number of aryl methyl sites for hydroxylation is 2. The molecule has 154 valence electrons. The van der Waals surface area contributed by atoms with Crippen LogP contribution in [0.25, 0.3) is 11.2 Å². The summed E-state index contributed by atoms with van der Waals surface area (Å²) in [5, 5.41) is 2.61. The first-order valence-electron chi connectivity index (χ1n) is 8.73. The zero-order valence-electron chi connectivity index (χ0n) is 15.8. The standard InChI is InChI=1S/C18H19F2N5O4/c1-23-15-14(16(27)24(2)18(23)28)25(10-21-15)8-4-7-13(26)22-11-5-3-6-12(9-11)29-17(19)20/h3,5-6,9-10,17H,4,7-8H2,1-2H3,(H,22,26). The van der Waals surface area contributed by atoms with Crippen LogP contribution in [0.3, 0.4) is 0 Å². The van der Waals surface area contributed by atoms with Gasteiger partial charge in [0.15, 0.2) is 11.2 Å². The summed E-state index contributed by atoms with van der Waals surface area (Å²) in [7, 11) is 2.92. The van der Waals surface area contributed by atoms with Gasteiger partial charge in [-0.15, -0.1) is 0 Å². The van der Waals surface area contributed by atoms with Crippen LogP contribution in [0.4, 0.5) is 14.5 Å². The van der Waals surface area contributed by atoms with E-state index in [-0.39, 0.29) is 29.2 Å². The normalized spacial score (nSPS) is 11.2. The molecule has 0 atom stereocenters. The van der Waals surface area contributed by atoms with Crippen molar-refractivity contribution in [2.24, 2.45) is 14.1 Å². The van der Waals surface area contributed by atoms with E-state index in [0.29, 0.717) is 18.7 Å². The predicted molar refractivity (Wildman–Crippen MR) is 101 cm³/mol. The Bertz CT molecular complexity index is 1170. The summed E-state index contributed by atoms with van der Waals surface area (Å²) in [5.74, 6) is -0.368. The Balaban J connectivity index is 1.64. The number of alkyl halides is 2. The topological polar surface area (TPSA) is 100 Å². The van der Waals surface area contributed by atoms with Crippen molar-refractivity contribution in [1.29, 1.82) is 0 Å². The van der Waals surface area contributed by atoms with Crippen molar-refractivity contribution in [2.45, 2.75) is 26.0 Å². The molecule has 0 unspecified atom stereocenters. The molecule has 2 aromatic heterocycles. The van der Waals surface area contributed by atoms with E-state index in [1.807, 2.05) is 0 Å². The van der Waals surface area contributed by atoms with E-state index in [1.165, 1.54) is 43.2 Å². The first-order chi connectivity index (χ1) is 13.8. The van der Waals surface area contributed by atoms with Gasteiger partial charge >= 0.3 is 12.3 Å². The molecule has 0 bridgehead atoms. The molecule has 0 spiro atoms. The van der Waals surface area contributed by atoms with Crippen molar-refractivity contribution >= 4 is 22.8 Å². The zero-order valence-corrected chi connectivity index (χ0v) is 15.8. The molecule has 29 heavy (non-hydrogen) atoms. The minimum atomic E-state index is -2.95. The molecule has 3 aromatic rings. The molecule has 1 amide bonds. The van der Waals surface area contributed by atoms with Crippen molar-refractivity contribution in [2.75, 3.05) is 5.32 Å². The number of halogens is 2. The number of hydrogen-bond acceptors (Lipinski definition) is 5. The molecule has 0 fully saturated rings. The third-order valence-electron chi connectivity index (χ3n) is 4.36. The highest BCUT2D eigenvalue weighted by molar-refractivity contribution is 5.90. The van der Waals surface area contributed by atoms with Crippen LogP contribution in [0, 0.1) is 0 Å². The lowest BCUT2D eigenvalue weighted by atomic mass is 10.2. The van der Waals surface area contributed by atoms with Crippen molar-refractivity contribution in [3.8, 4) is 5.75 Å². The van der Waals surface area contributed by atoms with Gasteiger partial charge in [-0.3, -0.25) is 18.7 Å². The minimum absolute atomic E-state index is 0.0517. The lowest BCUT2D eigenvalue weighted by molar-refractivity contribution is -0.116. The molecule has 0 aliphatic heterocycles. The second-order valence-corrected chi connectivity index (χ2v) is 6.37. The van der Waals surface area contributed by atoms with Crippen LogP contribution in [0.1, 0.15) is 12.8 Å². The SMILES string of the molecule is Cn1c(=O)c2c(ncn2CCCC(=O)Nc2cccc(OC(F)F)c2)n(C)c1=O. The number of rotatable bonds is 7. The number of amides is 1. The molecule has 0 saturated carbocycles. The number of ether oxygens (including phenoxy) is 1.